The Labute approximate surface area is 168 Å². The summed E-state index contributed by atoms with van der Waals surface area (Å²) in [4.78, 5) is 13.1. The third-order valence-electron chi connectivity index (χ3n) is 3.57. The Bertz CT molecular complexity index is 707. The lowest BCUT2D eigenvalue weighted by Gasteiger charge is -2.17. The number of nitrogens with one attached hydrogen (secondary N) is 2. The predicted molar refractivity (Wildman–Crippen MR) is 106 cm³/mol. The molecule has 0 aliphatic rings. The van der Waals surface area contributed by atoms with Gasteiger partial charge in [-0.3, -0.25) is 4.79 Å². The van der Waals surface area contributed by atoms with Gasteiger partial charge in [-0.2, -0.15) is 0 Å². The summed E-state index contributed by atoms with van der Waals surface area (Å²) in [6.45, 7) is 2.39. The number of halogens is 3. The van der Waals surface area contributed by atoms with Crippen LogP contribution in [0.25, 0.3) is 0 Å². The Morgan fingerprint density at radius 1 is 1.07 bits per heavy atom. The summed E-state index contributed by atoms with van der Waals surface area (Å²) < 4.78 is 31.5. The fourth-order valence-electron chi connectivity index (χ4n) is 2.25. The van der Waals surface area contributed by atoms with Gasteiger partial charge in [0.25, 0.3) is 0 Å². The molecule has 0 aromatic heterocycles. The maximum Gasteiger partial charge on any atom is 0.238 e. The molecule has 0 fully saturated rings. The van der Waals surface area contributed by atoms with Crippen molar-refractivity contribution in [1.82, 2.24) is 10.6 Å². The number of benzene rings is 2. The average Bonchev–Trinajstić information content (AvgIpc) is 2.66. The van der Waals surface area contributed by atoms with Crippen molar-refractivity contribution in [2.75, 3.05) is 33.4 Å². The topological polar surface area (TPSA) is 50.4 Å². The zero-order valence-corrected chi connectivity index (χ0v) is 16.5. The second-order valence-corrected chi connectivity index (χ2v) is 6.70. The van der Waals surface area contributed by atoms with Crippen LogP contribution in [0.15, 0.2) is 53.4 Å². The van der Waals surface area contributed by atoms with Gasteiger partial charge in [-0.25, -0.2) is 8.78 Å². The summed E-state index contributed by atoms with van der Waals surface area (Å²) >= 11 is 1.19. The molecule has 0 spiro atoms. The maximum atomic E-state index is 13.5. The fourth-order valence-corrected chi connectivity index (χ4v) is 3.33. The van der Waals surface area contributed by atoms with Crippen LogP contribution in [0.5, 0.6) is 0 Å². The van der Waals surface area contributed by atoms with Crippen LogP contribution < -0.4 is 10.6 Å². The molecule has 0 heterocycles. The lowest BCUT2D eigenvalue weighted by molar-refractivity contribution is -0.120. The van der Waals surface area contributed by atoms with Gasteiger partial charge in [0.15, 0.2) is 11.6 Å². The van der Waals surface area contributed by atoms with Gasteiger partial charge >= 0.3 is 0 Å². The van der Waals surface area contributed by atoms with E-state index in [-0.39, 0.29) is 18.3 Å². The molecule has 0 saturated heterocycles. The molecule has 0 radical (unpaired) electrons. The Balaban J connectivity index is 0.00000364. The van der Waals surface area contributed by atoms with Gasteiger partial charge in [-0.05, 0) is 23.8 Å². The summed E-state index contributed by atoms with van der Waals surface area (Å²) in [5.74, 6) is -2.01. The number of amides is 1. The van der Waals surface area contributed by atoms with E-state index in [9.17, 15) is 13.6 Å². The molecule has 0 aliphatic heterocycles. The lowest BCUT2D eigenvalue weighted by Crippen LogP contribution is -2.35. The summed E-state index contributed by atoms with van der Waals surface area (Å²) in [6.07, 6.45) is 0. The minimum Gasteiger partial charge on any atom is -0.383 e. The van der Waals surface area contributed by atoms with Crippen molar-refractivity contribution in [2.45, 2.75) is 10.1 Å². The van der Waals surface area contributed by atoms with Crippen LogP contribution in [-0.4, -0.2) is 39.3 Å². The van der Waals surface area contributed by atoms with E-state index < -0.39 is 16.9 Å². The van der Waals surface area contributed by atoms with E-state index in [1.165, 1.54) is 17.8 Å². The molecule has 1 unspecified atom stereocenters. The van der Waals surface area contributed by atoms with E-state index in [4.69, 9.17) is 4.74 Å². The lowest BCUT2D eigenvalue weighted by atomic mass is 10.1. The van der Waals surface area contributed by atoms with Crippen LogP contribution in [0.3, 0.4) is 0 Å². The number of carbonyl (C=O) groups is 1. The Morgan fingerprint density at radius 3 is 2.48 bits per heavy atom. The van der Waals surface area contributed by atoms with Crippen LogP contribution in [0, 0.1) is 11.6 Å². The molecule has 148 valence electrons. The summed E-state index contributed by atoms with van der Waals surface area (Å²) in [5, 5.41) is 5.46. The van der Waals surface area contributed by atoms with E-state index in [1.54, 1.807) is 7.11 Å². The van der Waals surface area contributed by atoms with Gasteiger partial charge in [-0.1, -0.05) is 30.3 Å². The van der Waals surface area contributed by atoms with Crippen molar-refractivity contribution >= 4 is 30.1 Å². The number of hydrogen-bond donors (Lipinski definition) is 2. The highest BCUT2D eigenvalue weighted by atomic mass is 35.5. The van der Waals surface area contributed by atoms with E-state index >= 15 is 0 Å². The first kappa shape index (κ1) is 23.4. The molecule has 0 bridgehead atoms. The summed E-state index contributed by atoms with van der Waals surface area (Å²) in [7, 11) is 1.63. The molecule has 8 heteroatoms. The monoisotopic (exact) mass is 416 g/mol. The first-order valence-corrected chi connectivity index (χ1v) is 9.14. The SMILES string of the molecule is COCCNCCNC(=O)C(Sc1ccc(F)c(F)c1)c1ccccc1.Cl. The van der Waals surface area contributed by atoms with Gasteiger partial charge in [0, 0.05) is 31.6 Å². The Morgan fingerprint density at radius 2 is 1.81 bits per heavy atom. The molecule has 4 nitrogen and oxygen atoms in total. The van der Waals surface area contributed by atoms with Crippen LogP contribution in [0.4, 0.5) is 8.78 Å². The van der Waals surface area contributed by atoms with Crippen molar-refractivity contribution in [2.24, 2.45) is 0 Å². The van der Waals surface area contributed by atoms with Gasteiger partial charge in [-0.15, -0.1) is 24.2 Å². The van der Waals surface area contributed by atoms with Crippen LogP contribution >= 0.6 is 24.2 Å². The van der Waals surface area contributed by atoms with Crippen LogP contribution in [0.2, 0.25) is 0 Å². The van der Waals surface area contributed by atoms with Gasteiger partial charge in [0.1, 0.15) is 5.25 Å². The minimum atomic E-state index is -0.926. The van der Waals surface area contributed by atoms with Crippen molar-refractivity contribution in [3.63, 3.8) is 0 Å². The Kier molecular flexibility index (Phi) is 11.0. The van der Waals surface area contributed by atoms with Gasteiger partial charge in [0.2, 0.25) is 5.91 Å². The zero-order chi connectivity index (χ0) is 18.8. The van der Waals surface area contributed by atoms with E-state index in [0.29, 0.717) is 31.1 Å². The van der Waals surface area contributed by atoms with Crippen molar-refractivity contribution < 1.29 is 18.3 Å². The van der Waals surface area contributed by atoms with E-state index in [0.717, 1.165) is 17.7 Å². The third kappa shape index (κ3) is 7.84. The Hall–Kier alpha value is -1.67. The quantitative estimate of drug-likeness (QED) is 0.459. The zero-order valence-electron chi connectivity index (χ0n) is 14.9. The van der Waals surface area contributed by atoms with Crippen LogP contribution in [-0.2, 0) is 9.53 Å². The largest absolute Gasteiger partial charge is 0.383 e. The highest BCUT2D eigenvalue weighted by molar-refractivity contribution is 8.00. The normalized spacial score (nSPS) is 11.5. The molecule has 0 saturated carbocycles. The second-order valence-electron chi connectivity index (χ2n) is 5.52. The van der Waals surface area contributed by atoms with Crippen molar-refractivity contribution in [3.8, 4) is 0 Å². The fraction of sp³-hybridized carbons (Fsp3) is 0.316. The highest BCUT2D eigenvalue weighted by Gasteiger charge is 2.22. The first-order valence-electron chi connectivity index (χ1n) is 8.26. The first-order chi connectivity index (χ1) is 12.6. The molecule has 2 rings (SSSR count). The van der Waals surface area contributed by atoms with Crippen LogP contribution in [0.1, 0.15) is 10.8 Å². The standard InChI is InChI=1S/C19H22F2N2O2S.ClH/c1-25-12-11-22-9-10-23-19(24)18(14-5-3-2-4-6-14)26-15-7-8-16(20)17(21)13-15;/h2-8,13,18,22H,9-12H2,1H3,(H,23,24);1H. The highest BCUT2D eigenvalue weighted by Crippen LogP contribution is 2.35. The molecule has 0 aliphatic carbocycles. The van der Waals surface area contributed by atoms with Crippen molar-refractivity contribution in [3.05, 3.63) is 65.7 Å². The molecule has 2 aromatic carbocycles. The number of carbonyl (C=O) groups excluding carboxylic acids is 1. The molecule has 1 amide bonds. The van der Waals surface area contributed by atoms with Crippen molar-refractivity contribution in [1.29, 1.82) is 0 Å². The van der Waals surface area contributed by atoms with Gasteiger partial charge in [0.05, 0.1) is 6.61 Å². The molecular weight excluding hydrogens is 394 g/mol. The minimum absolute atomic E-state index is 0. The van der Waals surface area contributed by atoms with Gasteiger partial charge < -0.3 is 15.4 Å². The smallest absolute Gasteiger partial charge is 0.238 e. The second kappa shape index (κ2) is 12.7. The summed E-state index contributed by atoms with van der Waals surface area (Å²) in [6, 6.07) is 12.9. The number of ether oxygens (including phenoxy) is 1. The molecule has 1 atom stereocenters. The predicted octanol–water partition coefficient (Wildman–Crippen LogP) is 3.57. The third-order valence-corrected chi connectivity index (χ3v) is 4.82. The van der Waals surface area contributed by atoms with E-state index in [1.807, 2.05) is 30.3 Å². The summed E-state index contributed by atoms with van der Waals surface area (Å²) in [5.41, 5.74) is 0.798. The molecular formula is C19H23ClF2N2O2S. The molecule has 27 heavy (non-hydrogen) atoms. The number of hydrogen-bond acceptors (Lipinski definition) is 4. The van der Waals surface area contributed by atoms with E-state index in [2.05, 4.69) is 10.6 Å². The number of methoxy groups -OCH3 is 1. The number of thioether (sulfide) groups is 1. The number of rotatable bonds is 10. The molecule has 2 N–H and O–H groups in total. The maximum absolute atomic E-state index is 13.5. The molecule has 2 aromatic rings. The average molecular weight is 417 g/mol.